The van der Waals surface area contributed by atoms with Gasteiger partial charge in [-0.05, 0) is 12.1 Å². The Morgan fingerprint density at radius 3 is 2.71 bits per heavy atom. The normalized spacial score (nSPS) is 10.0. The van der Waals surface area contributed by atoms with E-state index in [1.165, 1.54) is 31.4 Å². The van der Waals surface area contributed by atoms with E-state index in [4.69, 9.17) is 15.2 Å². The van der Waals surface area contributed by atoms with Gasteiger partial charge in [0.25, 0.3) is 0 Å². The Labute approximate surface area is 119 Å². The number of nitrogens with zero attached hydrogens (tertiary/aromatic N) is 3. The Kier molecular flexibility index (Phi) is 4.02. The molecule has 0 bridgehead atoms. The molecular weight excluding hydrogens is 278 g/mol. The van der Waals surface area contributed by atoms with Crippen LogP contribution in [0.5, 0.6) is 17.4 Å². The first-order valence-corrected chi connectivity index (χ1v) is 5.86. The van der Waals surface area contributed by atoms with Gasteiger partial charge in [-0.15, -0.1) is 0 Å². The maximum atomic E-state index is 11.0. The number of nitrogens with one attached hydrogen (secondary N) is 1. The monoisotopic (exact) mass is 291 g/mol. The molecule has 2 aromatic rings. The van der Waals surface area contributed by atoms with Gasteiger partial charge in [0.1, 0.15) is 11.6 Å². The van der Waals surface area contributed by atoms with Gasteiger partial charge in [-0.1, -0.05) is 0 Å². The average molecular weight is 291 g/mol. The maximum absolute atomic E-state index is 11.0. The number of nitrogen functional groups attached to an aromatic ring is 1. The Morgan fingerprint density at radius 2 is 2.10 bits per heavy atom. The largest absolute Gasteiger partial charge is 0.490 e. The molecule has 9 heteroatoms. The van der Waals surface area contributed by atoms with E-state index < -0.39 is 4.92 Å². The highest BCUT2D eigenvalue weighted by Crippen LogP contribution is 2.32. The van der Waals surface area contributed by atoms with Gasteiger partial charge in [-0.25, -0.2) is 0 Å². The summed E-state index contributed by atoms with van der Waals surface area (Å²) in [5.74, 6) is 1.06. The predicted octanol–water partition coefficient (Wildman–Crippen LogP) is 1.81. The smallest absolute Gasteiger partial charge is 0.314 e. The second kappa shape index (κ2) is 5.90. The number of hydrogen-bond donors (Lipinski definition) is 2. The summed E-state index contributed by atoms with van der Waals surface area (Å²) in [5.41, 5.74) is 5.34. The number of ether oxygens (including phenoxy) is 2. The van der Waals surface area contributed by atoms with Crippen LogP contribution in [0.2, 0.25) is 0 Å². The average Bonchev–Trinajstić information content (AvgIpc) is 2.46. The molecule has 0 radical (unpaired) electrons. The molecule has 3 N–H and O–H groups in total. The zero-order valence-corrected chi connectivity index (χ0v) is 11.4. The zero-order chi connectivity index (χ0) is 15.4. The quantitative estimate of drug-likeness (QED) is 0.631. The summed E-state index contributed by atoms with van der Waals surface area (Å²) in [6.07, 6.45) is 0. The summed E-state index contributed by atoms with van der Waals surface area (Å²) in [5, 5.41) is 13.8. The second-order valence-corrected chi connectivity index (χ2v) is 3.89. The van der Waals surface area contributed by atoms with Crippen molar-refractivity contribution in [2.24, 2.45) is 0 Å². The van der Waals surface area contributed by atoms with Crippen molar-refractivity contribution in [2.45, 2.75) is 0 Å². The molecule has 0 aliphatic carbocycles. The van der Waals surface area contributed by atoms with E-state index in [2.05, 4.69) is 15.3 Å². The number of benzene rings is 1. The number of nitrogens with two attached hydrogens (primary N) is 1. The molecule has 0 unspecified atom stereocenters. The lowest BCUT2D eigenvalue weighted by Crippen LogP contribution is -2.01. The number of rotatable bonds is 5. The first-order chi connectivity index (χ1) is 10.0. The lowest BCUT2D eigenvalue weighted by molar-refractivity contribution is -0.385. The summed E-state index contributed by atoms with van der Waals surface area (Å²) >= 11 is 0. The zero-order valence-electron chi connectivity index (χ0n) is 11.4. The first-order valence-electron chi connectivity index (χ1n) is 5.86. The Bertz CT molecular complexity index is 677. The second-order valence-electron chi connectivity index (χ2n) is 3.89. The summed E-state index contributed by atoms with van der Waals surface area (Å²) < 4.78 is 10.4. The molecule has 2 rings (SSSR count). The van der Waals surface area contributed by atoms with E-state index in [0.717, 1.165) is 0 Å². The molecule has 0 spiro atoms. The minimum absolute atomic E-state index is 0.0276. The molecule has 1 aromatic heterocycles. The molecular formula is C12H13N5O4. The van der Waals surface area contributed by atoms with Gasteiger partial charge in [0.05, 0.1) is 18.1 Å². The van der Waals surface area contributed by atoms with E-state index in [1.54, 1.807) is 7.05 Å². The maximum Gasteiger partial charge on any atom is 0.314 e. The van der Waals surface area contributed by atoms with Gasteiger partial charge in [0, 0.05) is 13.1 Å². The van der Waals surface area contributed by atoms with Crippen LogP contribution in [0.3, 0.4) is 0 Å². The summed E-state index contributed by atoms with van der Waals surface area (Å²) in [6, 6.07) is 5.74. The molecule has 0 saturated heterocycles. The fraction of sp³-hybridized carbons (Fsp3) is 0.167. The lowest BCUT2D eigenvalue weighted by Gasteiger charge is -2.08. The Morgan fingerprint density at radius 1 is 1.33 bits per heavy atom. The first kappa shape index (κ1) is 14.3. The Hall–Kier alpha value is -3.10. The van der Waals surface area contributed by atoms with E-state index in [1.807, 2.05) is 0 Å². The molecule has 0 fully saturated rings. The van der Waals surface area contributed by atoms with Crippen molar-refractivity contribution in [1.82, 2.24) is 9.97 Å². The SMILES string of the molecule is CNc1cc(Oc2ccc(OC)c([N+](=O)[O-])c2)nc(N)n1. The lowest BCUT2D eigenvalue weighted by atomic mass is 10.3. The van der Waals surface area contributed by atoms with Crippen molar-refractivity contribution in [3.05, 3.63) is 34.4 Å². The molecule has 1 heterocycles. The van der Waals surface area contributed by atoms with Gasteiger partial charge >= 0.3 is 5.69 Å². The van der Waals surface area contributed by atoms with Gasteiger partial charge in [0.15, 0.2) is 5.75 Å². The molecule has 0 atom stereocenters. The summed E-state index contributed by atoms with van der Waals surface area (Å²) in [4.78, 5) is 18.2. The summed E-state index contributed by atoms with van der Waals surface area (Å²) in [7, 11) is 3.02. The van der Waals surface area contributed by atoms with Crippen LogP contribution in [0.1, 0.15) is 0 Å². The molecule has 0 aliphatic rings. The van der Waals surface area contributed by atoms with Gasteiger partial charge in [0.2, 0.25) is 11.8 Å². The number of methoxy groups -OCH3 is 1. The molecule has 0 aliphatic heterocycles. The van der Waals surface area contributed by atoms with Crippen molar-refractivity contribution in [1.29, 1.82) is 0 Å². The standard InChI is InChI=1S/C12H13N5O4/c1-14-10-6-11(16-12(13)15-10)21-7-3-4-9(20-2)8(5-7)17(18)19/h3-6H,1-2H3,(H3,13,14,15,16). The number of nitro benzene ring substituents is 1. The van der Waals surface area contributed by atoms with E-state index in [-0.39, 0.29) is 29.0 Å². The van der Waals surface area contributed by atoms with Gasteiger partial charge in [-0.3, -0.25) is 10.1 Å². The van der Waals surface area contributed by atoms with E-state index >= 15 is 0 Å². The van der Waals surface area contributed by atoms with Crippen LogP contribution in [0.25, 0.3) is 0 Å². The topological polar surface area (TPSA) is 125 Å². The molecule has 21 heavy (non-hydrogen) atoms. The van der Waals surface area contributed by atoms with Gasteiger partial charge < -0.3 is 20.5 Å². The minimum atomic E-state index is -0.556. The third-order valence-corrected chi connectivity index (χ3v) is 2.55. The highest BCUT2D eigenvalue weighted by Gasteiger charge is 2.16. The van der Waals surface area contributed by atoms with Crippen molar-refractivity contribution in [2.75, 3.05) is 25.2 Å². The van der Waals surface area contributed by atoms with Crippen LogP contribution in [-0.4, -0.2) is 29.0 Å². The highest BCUT2D eigenvalue weighted by atomic mass is 16.6. The van der Waals surface area contributed by atoms with Crippen LogP contribution < -0.4 is 20.5 Å². The van der Waals surface area contributed by atoms with Crippen LogP contribution >= 0.6 is 0 Å². The molecule has 0 amide bonds. The van der Waals surface area contributed by atoms with Gasteiger partial charge in [-0.2, -0.15) is 9.97 Å². The van der Waals surface area contributed by atoms with Crippen LogP contribution in [0, 0.1) is 10.1 Å². The predicted molar refractivity (Wildman–Crippen MR) is 75.7 cm³/mol. The third kappa shape index (κ3) is 3.26. The van der Waals surface area contributed by atoms with E-state index in [0.29, 0.717) is 5.82 Å². The molecule has 0 saturated carbocycles. The van der Waals surface area contributed by atoms with Crippen molar-refractivity contribution in [3.63, 3.8) is 0 Å². The minimum Gasteiger partial charge on any atom is -0.490 e. The highest BCUT2D eigenvalue weighted by molar-refractivity contribution is 5.52. The number of nitro groups is 1. The molecule has 9 nitrogen and oxygen atoms in total. The van der Waals surface area contributed by atoms with Crippen molar-refractivity contribution >= 4 is 17.5 Å². The van der Waals surface area contributed by atoms with Crippen molar-refractivity contribution < 1.29 is 14.4 Å². The van der Waals surface area contributed by atoms with Crippen LogP contribution in [0.4, 0.5) is 17.5 Å². The molecule has 110 valence electrons. The number of hydrogen-bond acceptors (Lipinski definition) is 8. The third-order valence-electron chi connectivity index (χ3n) is 2.55. The Balaban J connectivity index is 2.33. The summed E-state index contributed by atoms with van der Waals surface area (Å²) in [6.45, 7) is 0. The van der Waals surface area contributed by atoms with E-state index in [9.17, 15) is 10.1 Å². The number of aromatic nitrogens is 2. The van der Waals surface area contributed by atoms with Crippen LogP contribution in [0.15, 0.2) is 24.3 Å². The molecule has 1 aromatic carbocycles. The fourth-order valence-electron chi connectivity index (χ4n) is 1.62. The van der Waals surface area contributed by atoms with Crippen molar-refractivity contribution in [3.8, 4) is 17.4 Å². The fourth-order valence-corrected chi connectivity index (χ4v) is 1.62. The van der Waals surface area contributed by atoms with Crippen LogP contribution in [-0.2, 0) is 0 Å². The number of anilines is 2.